The van der Waals surface area contributed by atoms with Gasteiger partial charge >= 0.3 is 0 Å². The molecule has 2 aromatic carbocycles. The van der Waals surface area contributed by atoms with E-state index in [1.807, 2.05) is 66.4 Å². The largest absolute Gasteiger partial charge is 0.494 e. The first-order valence-corrected chi connectivity index (χ1v) is 9.28. The Morgan fingerprint density at radius 1 is 1.15 bits per heavy atom. The number of benzene rings is 2. The summed E-state index contributed by atoms with van der Waals surface area (Å²) in [5.41, 5.74) is 2.38. The molecular formula is C21H22N4O2. The number of carbonyl (C=O) groups is 1. The standard InChI is InChI=1S/C21H22N4O2/c1-2-27-18-12-10-16(11-13-18)20-9-6-14-24(20)21(26)19-15-25(23-22-19)17-7-4-3-5-8-17/h3-5,7-8,10-13,15,20H,2,6,9,14H2,1H3/t20-/m0/s1. The van der Waals surface area contributed by atoms with Crippen LogP contribution in [0.4, 0.5) is 0 Å². The summed E-state index contributed by atoms with van der Waals surface area (Å²) in [5.74, 6) is 0.775. The first-order chi connectivity index (χ1) is 13.3. The molecule has 0 saturated carbocycles. The molecule has 1 aromatic heterocycles. The topological polar surface area (TPSA) is 60.2 Å². The number of para-hydroxylation sites is 1. The molecule has 0 unspecified atom stereocenters. The number of ether oxygens (including phenoxy) is 1. The van der Waals surface area contributed by atoms with Crippen LogP contribution in [0.3, 0.4) is 0 Å². The Morgan fingerprint density at radius 3 is 2.67 bits per heavy atom. The number of hydrogen-bond acceptors (Lipinski definition) is 4. The summed E-state index contributed by atoms with van der Waals surface area (Å²) in [5, 5.41) is 8.22. The summed E-state index contributed by atoms with van der Waals surface area (Å²) >= 11 is 0. The average molecular weight is 362 g/mol. The van der Waals surface area contributed by atoms with E-state index in [0.717, 1.165) is 36.4 Å². The highest BCUT2D eigenvalue weighted by molar-refractivity contribution is 5.92. The summed E-state index contributed by atoms with van der Waals surface area (Å²) in [6.07, 6.45) is 3.63. The fourth-order valence-electron chi connectivity index (χ4n) is 3.53. The van der Waals surface area contributed by atoms with Gasteiger partial charge in [0, 0.05) is 6.54 Å². The normalized spacial score (nSPS) is 16.5. The highest BCUT2D eigenvalue weighted by Crippen LogP contribution is 2.33. The van der Waals surface area contributed by atoms with Gasteiger partial charge in [-0.2, -0.15) is 0 Å². The number of amides is 1. The third-order valence-corrected chi connectivity index (χ3v) is 4.82. The lowest BCUT2D eigenvalue weighted by Crippen LogP contribution is -2.30. The number of rotatable bonds is 5. The zero-order chi connectivity index (χ0) is 18.6. The summed E-state index contributed by atoms with van der Waals surface area (Å²) in [6.45, 7) is 3.34. The van der Waals surface area contributed by atoms with Crippen molar-refractivity contribution in [3.63, 3.8) is 0 Å². The zero-order valence-corrected chi connectivity index (χ0v) is 15.3. The Kier molecular flexibility index (Phi) is 4.87. The quantitative estimate of drug-likeness (QED) is 0.695. The van der Waals surface area contributed by atoms with Gasteiger partial charge in [-0.15, -0.1) is 5.10 Å². The lowest BCUT2D eigenvalue weighted by atomic mass is 10.0. The fourth-order valence-corrected chi connectivity index (χ4v) is 3.53. The molecule has 1 amide bonds. The smallest absolute Gasteiger partial charge is 0.276 e. The molecule has 0 N–H and O–H groups in total. The Labute approximate surface area is 158 Å². The minimum Gasteiger partial charge on any atom is -0.494 e. The van der Waals surface area contributed by atoms with Gasteiger partial charge in [-0.3, -0.25) is 4.79 Å². The molecule has 138 valence electrons. The summed E-state index contributed by atoms with van der Waals surface area (Å²) in [4.78, 5) is 14.9. The summed E-state index contributed by atoms with van der Waals surface area (Å²) < 4.78 is 7.14. The van der Waals surface area contributed by atoms with Gasteiger partial charge in [-0.1, -0.05) is 35.5 Å². The van der Waals surface area contributed by atoms with E-state index < -0.39 is 0 Å². The van der Waals surface area contributed by atoms with Gasteiger partial charge < -0.3 is 9.64 Å². The van der Waals surface area contributed by atoms with Gasteiger partial charge in [0.2, 0.25) is 0 Å². The van der Waals surface area contributed by atoms with Crippen molar-refractivity contribution in [2.75, 3.05) is 13.2 Å². The van der Waals surface area contributed by atoms with Crippen LogP contribution in [0.25, 0.3) is 5.69 Å². The monoisotopic (exact) mass is 362 g/mol. The van der Waals surface area contributed by atoms with Gasteiger partial charge in [0.15, 0.2) is 5.69 Å². The van der Waals surface area contributed by atoms with Crippen molar-refractivity contribution >= 4 is 5.91 Å². The number of likely N-dealkylation sites (tertiary alicyclic amines) is 1. The molecule has 1 aliphatic heterocycles. The third kappa shape index (κ3) is 3.56. The molecule has 3 aromatic rings. The fraction of sp³-hybridized carbons (Fsp3) is 0.286. The van der Waals surface area contributed by atoms with Gasteiger partial charge in [-0.25, -0.2) is 4.68 Å². The minimum absolute atomic E-state index is 0.0649. The summed E-state index contributed by atoms with van der Waals surface area (Å²) in [6, 6.07) is 17.7. The van der Waals surface area contributed by atoms with Crippen LogP contribution in [0.15, 0.2) is 60.8 Å². The lowest BCUT2D eigenvalue weighted by molar-refractivity contribution is 0.0729. The average Bonchev–Trinajstić information content (AvgIpc) is 3.39. The minimum atomic E-state index is -0.0754. The SMILES string of the molecule is CCOc1ccc([C@@H]2CCCN2C(=O)c2cn(-c3ccccc3)nn2)cc1. The van der Waals surface area contributed by atoms with Crippen molar-refractivity contribution in [1.29, 1.82) is 0 Å². The molecule has 6 heteroatoms. The summed E-state index contributed by atoms with van der Waals surface area (Å²) in [7, 11) is 0. The van der Waals surface area contributed by atoms with Crippen molar-refractivity contribution in [2.45, 2.75) is 25.8 Å². The molecule has 0 bridgehead atoms. The van der Waals surface area contributed by atoms with Gasteiger partial charge in [-0.05, 0) is 49.6 Å². The van der Waals surface area contributed by atoms with Crippen LogP contribution in [0.2, 0.25) is 0 Å². The predicted molar refractivity (Wildman–Crippen MR) is 102 cm³/mol. The lowest BCUT2D eigenvalue weighted by Gasteiger charge is -2.24. The highest BCUT2D eigenvalue weighted by Gasteiger charge is 2.32. The van der Waals surface area contributed by atoms with Crippen LogP contribution < -0.4 is 4.74 Å². The van der Waals surface area contributed by atoms with Crippen LogP contribution in [-0.2, 0) is 0 Å². The molecule has 1 atom stereocenters. The molecule has 6 nitrogen and oxygen atoms in total. The second-order valence-corrected chi connectivity index (χ2v) is 6.54. The predicted octanol–water partition coefficient (Wildman–Crippen LogP) is 3.64. The van der Waals surface area contributed by atoms with E-state index in [-0.39, 0.29) is 11.9 Å². The molecule has 0 radical (unpaired) electrons. The Hall–Kier alpha value is -3.15. The number of nitrogens with zero attached hydrogens (tertiary/aromatic N) is 4. The first kappa shape index (κ1) is 17.3. The van der Waals surface area contributed by atoms with E-state index in [4.69, 9.17) is 4.74 Å². The molecule has 27 heavy (non-hydrogen) atoms. The number of hydrogen-bond donors (Lipinski definition) is 0. The highest BCUT2D eigenvalue weighted by atomic mass is 16.5. The van der Waals surface area contributed by atoms with E-state index in [1.165, 1.54) is 0 Å². The number of carbonyl (C=O) groups excluding carboxylic acids is 1. The molecule has 1 saturated heterocycles. The van der Waals surface area contributed by atoms with Crippen molar-refractivity contribution in [3.05, 3.63) is 72.1 Å². The maximum atomic E-state index is 13.0. The van der Waals surface area contributed by atoms with Crippen molar-refractivity contribution < 1.29 is 9.53 Å². The van der Waals surface area contributed by atoms with Crippen molar-refractivity contribution in [2.24, 2.45) is 0 Å². The van der Waals surface area contributed by atoms with Crippen LogP contribution in [0.5, 0.6) is 5.75 Å². The maximum Gasteiger partial charge on any atom is 0.276 e. The van der Waals surface area contributed by atoms with E-state index in [0.29, 0.717) is 12.3 Å². The van der Waals surface area contributed by atoms with E-state index in [2.05, 4.69) is 10.3 Å². The molecule has 4 rings (SSSR count). The Morgan fingerprint density at radius 2 is 1.93 bits per heavy atom. The second kappa shape index (κ2) is 7.61. The molecular weight excluding hydrogens is 340 g/mol. The molecule has 1 aliphatic rings. The Bertz CT molecular complexity index is 905. The zero-order valence-electron chi connectivity index (χ0n) is 15.3. The van der Waals surface area contributed by atoms with Gasteiger partial charge in [0.25, 0.3) is 5.91 Å². The number of aromatic nitrogens is 3. The first-order valence-electron chi connectivity index (χ1n) is 9.28. The third-order valence-electron chi connectivity index (χ3n) is 4.82. The van der Waals surface area contributed by atoms with Crippen molar-refractivity contribution in [1.82, 2.24) is 19.9 Å². The van der Waals surface area contributed by atoms with Crippen LogP contribution in [0.1, 0.15) is 41.9 Å². The molecule has 1 fully saturated rings. The molecule has 0 spiro atoms. The van der Waals surface area contributed by atoms with Crippen LogP contribution in [-0.4, -0.2) is 39.0 Å². The Balaban J connectivity index is 1.53. The van der Waals surface area contributed by atoms with E-state index in [9.17, 15) is 4.79 Å². The molecule has 2 heterocycles. The molecule has 0 aliphatic carbocycles. The second-order valence-electron chi connectivity index (χ2n) is 6.54. The maximum absolute atomic E-state index is 13.0. The van der Waals surface area contributed by atoms with Crippen molar-refractivity contribution in [3.8, 4) is 11.4 Å². The van der Waals surface area contributed by atoms with E-state index >= 15 is 0 Å². The van der Waals surface area contributed by atoms with Crippen LogP contribution >= 0.6 is 0 Å². The van der Waals surface area contributed by atoms with Gasteiger partial charge in [0.05, 0.1) is 24.5 Å². The van der Waals surface area contributed by atoms with Crippen LogP contribution in [0, 0.1) is 0 Å². The van der Waals surface area contributed by atoms with Gasteiger partial charge in [0.1, 0.15) is 5.75 Å². The van der Waals surface area contributed by atoms with E-state index in [1.54, 1.807) is 10.9 Å².